The molecule has 1 aromatic carbocycles. The lowest BCUT2D eigenvalue weighted by Gasteiger charge is -2.38. The van der Waals surface area contributed by atoms with Crippen molar-refractivity contribution in [3.63, 3.8) is 0 Å². The number of hydrogen-bond acceptors (Lipinski definition) is 5. The second kappa shape index (κ2) is 9.38. The normalized spacial score (nSPS) is 18.1. The van der Waals surface area contributed by atoms with E-state index < -0.39 is 0 Å². The summed E-state index contributed by atoms with van der Waals surface area (Å²) in [5.41, 5.74) is 0.926. The van der Waals surface area contributed by atoms with Crippen molar-refractivity contribution in [3.8, 4) is 5.75 Å². The van der Waals surface area contributed by atoms with Crippen LogP contribution in [0.4, 0.5) is 0 Å². The van der Waals surface area contributed by atoms with Crippen LogP contribution < -0.4 is 15.4 Å². The minimum atomic E-state index is -0.232. The highest BCUT2D eigenvalue weighted by Crippen LogP contribution is 2.39. The van der Waals surface area contributed by atoms with Gasteiger partial charge in [-0.25, -0.2) is 0 Å². The highest BCUT2D eigenvalue weighted by Gasteiger charge is 2.33. The van der Waals surface area contributed by atoms with Crippen molar-refractivity contribution in [1.29, 1.82) is 0 Å². The van der Waals surface area contributed by atoms with Gasteiger partial charge >= 0.3 is 0 Å². The first kappa shape index (κ1) is 21.5. The Balaban J connectivity index is 0.00000261. The summed E-state index contributed by atoms with van der Waals surface area (Å²) in [5.74, 6) is 2.97. The fourth-order valence-corrected chi connectivity index (χ4v) is 3.12. The van der Waals surface area contributed by atoms with Gasteiger partial charge in [0.05, 0.1) is 12.6 Å². The zero-order valence-electron chi connectivity index (χ0n) is 16.3. The number of aryl methyl sites for hydroxylation is 1. The van der Waals surface area contributed by atoms with Gasteiger partial charge in [0.25, 0.3) is 0 Å². The van der Waals surface area contributed by atoms with Gasteiger partial charge in [0, 0.05) is 24.9 Å². The first-order valence-corrected chi connectivity index (χ1v) is 9.09. The number of para-hydroxylation sites is 1. The van der Waals surface area contributed by atoms with Gasteiger partial charge in [-0.1, -0.05) is 23.4 Å². The molecule has 7 nitrogen and oxygen atoms in total. The average Bonchev–Trinajstić information content (AvgIpc) is 2.99. The van der Waals surface area contributed by atoms with E-state index in [4.69, 9.17) is 9.26 Å². The Bertz CT molecular complexity index is 775. The number of halogens is 1. The fraction of sp³-hybridized carbons (Fsp3) is 0.526. The number of benzene rings is 1. The third-order valence-electron chi connectivity index (χ3n) is 4.20. The number of nitrogens with one attached hydrogen (secondary N) is 2. The molecule has 0 amide bonds. The van der Waals surface area contributed by atoms with Crippen LogP contribution in [0.25, 0.3) is 0 Å². The molecule has 1 unspecified atom stereocenters. The Labute approximate surface area is 177 Å². The van der Waals surface area contributed by atoms with Crippen molar-refractivity contribution < 1.29 is 9.26 Å². The topological polar surface area (TPSA) is 84.6 Å². The molecule has 0 spiro atoms. The van der Waals surface area contributed by atoms with Crippen LogP contribution >= 0.6 is 24.0 Å². The Morgan fingerprint density at radius 3 is 2.81 bits per heavy atom. The standard InChI is InChI=1S/C19H27N5O2.HI/c1-5-20-18(21-11-10-17-22-13(2)24-26-17)23-15-12-19(3,4)25-16-9-7-6-8-14(15)16;/h6-9,15H,5,10-12H2,1-4H3,(H2,20,21,23);1H. The SMILES string of the molecule is CCNC(=NCCc1nc(C)no1)NC1CC(C)(C)Oc2ccccc21.I. The first-order valence-electron chi connectivity index (χ1n) is 9.09. The lowest BCUT2D eigenvalue weighted by Crippen LogP contribution is -2.45. The fourth-order valence-electron chi connectivity index (χ4n) is 3.12. The quantitative estimate of drug-likeness (QED) is 0.384. The van der Waals surface area contributed by atoms with Gasteiger partial charge in [-0.05, 0) is 33.8 Å². The monoisotopic (exact) mass is 485 g/mol. The van der Waals surface area contributed by atoms with E-state index in [2.05, 4.69) is 52.6 Å². The van der Waals surface area contributed by atoms with Gasteiger partial charge in [0.2, 0.25) is 5.89 Å². The first-order chi connectivity index (χ1) is 12.5. The van der Waals surface area contributed by atoms with Crippen LogP contribution in [0.1, 0.15) is 50.5 Å². The molecular weight excluding hydrogens is 457 g/mol. The Morgan fingerprint density at radius 2 is 2.11 bits per heavy atom. The summed E-state index contributed by atoms with van der Waals surface area (Å²) in [5, 5.41) is 10.7. The minimum absolute atomic E-state index is 0. The zero-order chi connectivity index (χ0) is 18.6. The predicted octanol–water partition coefficient (Wildman–Crippen LogP) is 3.40. The molecule has 0 radical (unpaired) electrons. The molecule has 0 aliphatic carbocycles. The average molecular weight is 485 g/mol. The third-order valence-corrected chi connectivity index (χ3v) is 4.20. The maximum absolute atomic E-state index is 6.10. The van der Waals surface area contributed by atoms with Crippen LogP contribution in [-0.4, -0.2) is 34.8 Å². The largest absolute Gasteiger partial charge is 0.487 e. The highest BCUT2D eigenvalue weighted by molar-refractivity contribution is 14.0. The van der Waals surface area contributed by atoms with Crippen molar-refractivity contribution >= 4 is 29.9 Å². The molecule has 0 saturated heterocycles. The number of nitrogens with zero attached hydrogens (tertiary/aromatic N) is 3. The number of aromatic nitrogens is 2. The smallest absolute Gasteiger partial charge is 0.228 e. The van der Waals surface area contributed by atoms with Crippen molar-refractivity contribution in [2.45, 2.75) is 52.2 Å². The van der Waals surface area contributed by atoms with Gasteiger partial charge in [-0.2, -0.15) is 4.98 Å². The van der Waals surface area contributed by atoms with E-state index in [-0.39, 0.29) is 35.6 Å². The Hall–Kier alpha value is -1.84. The second-order valence-electron chi connectivity index (χ2n) is 7.05. The molecule has 1 atom stereocenters. The van der Waals surface area contributed by atoms with Crippen LogP contribution in [0.2, 0.25) is 0 Å². The predicted molar refractivity (Wildman–Crippen MR) is 116 cm³/mol. The lowest BCUT2D eigenvalue weighted by molar-refractivity contribution is 0.0694. The van der Waals surface area contributed by atoms with Crippen LogP contribution in [-0.2, 0) is 6.42 Å². The van der Waals surface area contributed by atoms with Crippen LogP contribution in [0, 0.1) is 6.92 Å². The van der Waals surface area contributed by atoms with Crippen molar-refractivity contribution in [3.05, 3.63) is 41.5 Å². The van der Waals surface area contributed by atoms with Gasteiger partial charge in [0.15, 0.2) is 11.8 Å². The number of hydrogen-bond donors (Lipinski definition) is 2. The molecule has 1 aromatic heterocycles. The molecule has 2 aromatic rings. The van der Waals surface area contributed by atoms with Gasteiger partial charge in [-0.15, -0.1) is 24.0 Å². The molecule has 8 heteroatoms. The summed E-state index contributed by atoms with van der Waals surface area (Å²) in [6.45, 7) is 9.46. The maximum Gasteiger partial charge on any atom is 0.228 e. The highest BCUT2D eigenvalue weighted by atomic mass is 127. The van der Waals surface area contributed by atoms with Gasteiger partial charge in [0.1, 0.15) is 11.4 Å². The Kier molecular flexibility index (Phi) is 7.46. The van der Waals surface area contributed by atoms with Crippen molar-refractivity contribution in [2.75, 3.05) is 13.1 Å². The minimum Gasteiger partial charge on any atom is -0.487 e. The van der Waals surface area contributed by atoms with E-state index in [9.17, 15) is 0 Å². The summed E-state index contributed by atoms with van der Waals surface area (Å²) in [4.78, 5) is 8.87. The second-order valence-corrected chi connectivity index (χ2v) is 7.05. The molecule has 0 fully saturated rings. The van der Waals surface area contributed by atoms with E-state index in [1.165, 1.54) is 0 Å². The van der Waals surface area contributed by atoms with Crippen LogP contribution in [0.15, 0.2) is 33.8 Å². The molecule has 2 heterocycles. The number of fused-ring (bicyclic) bond motifs is 1. The summed E-state index contributed by atoms with van der Waals surface area (Å²) in [6, 6.07) is 8.30. The molecule has 1 aliphatic heterocycles. The third kappa shape index (κ3) is 5.82. The molecule has 1 aliphatic rings. The van der Waals surface area contributed by atoms with Crippen LogP contribution in [0.5, 0.6) is 5.75 Å². The summed E-state index contributed by atoms with van der Waals surface area (Å²) in [6.07, 6.45) is 1.48. The maximum atomic E-state index is 6.10. The van der Waals surface area contributed by atoms with Crippen molar-refractivity contribution in [1.82, 2.24) is 20.8 Å². The van der Waals surface area contributed by atoms with E-state index in [1.807, 2.05) is 25.1 Å². The van der Waals surface area contributed by atoms with E-state index in [0.29, 0.717) is 24.7 Å². The number of ether oxygens (including phenoxy) is 1. The zero-order valence-corrected chi connectivity index (χ0v) is 18.6. The summed E-state index contributed by atoms with van der Waals surface area (Å²) in [7, 11) is 0. The number of aliphatic imine (C=N–C) groups is 1. The summed E-state index contributed by atoms with van der Waals surface area (Å²) < 4.78 is 11.2. The molecule has 3 rings (SSSR count). The summed E-state index contributed by atoms with van der Waals surface area (Å²) >= 11 is 0. The van der Waals surface area contributed by atoms with E-state index >= 15 is 0 Å². The lowest BCUT2D eigenvalue weighted by atomic mass is 9.90. The molecule has 0 bridgehead atoms. The molecule has 148 valence electrons. The number of guanidine groups is 1. The Morgan fingerprint density at radius 1 is 1.33 bits per heavy atom. The molecule has 27 heavy (non-hydrogen) atoms. The molecule has 0 saturated carbocycles. The molecular formula is C19H28IN5O2. The van der Waals surface area contributed by atoms with E-state index in [0.717, 1.165) is 30.2 Å². The molecule has 2 N–H and O–H groups in total. The number of rotatable bonds is 5. The van der Waals surface area contributed by atoms with Crippen LogP contribution in [0.3, 0.4) is 0 Å². The van der Waals surface area contributed by atoms with Gasteiger partial charge < -0.3 is 19.9 Å². The van der Waals surface area contributed by atoms with Crippen molar-refractivity contribution in [2.24, 2.45) is 4.99 Å². The van der Waals surface area contributed by atoms with Gasteiger partial charge in [-0.3, -0.25) is 4.99 Å². The van der Waals surface area contributed by atoms with E-state index in [1.54, 1.807) is 0 Å².